The highest BCUT2D eigenvalue weighted by molar-refractivity contribution is 7.16. The van der Waals surface area contributed by atoms with E-state index >= 15 is 0 Å². The Kier molecular flexibility index (Phi) is 4.66. The molecule has 0 aliphatic carbocycles. The zero-order chi connectivity index (χ0) is 19.7. The van der Waals surface area contributed by atoms with Crippen LogP contribution in [0.25, 0.3) is 17.1 Å². The van der Waals surface area contributed by atoms with Crippen molar-refractivity contribution in [3.8, 4) is 17.1 Å². The summed E-state index contributed by atoms with van der Waals surface area (Å²) in [5.41, 5.74) is 4.57. The van der Waals surface area contributed by atoms with E-state index in [4.69, 9.17) is 0 Å². The number of carbonyl (C=O) groups is 1. The van der Waals surface area contributed by atoms with Crippen LogP contribution in [0.3, 0.4) is 0 Å². The fourth-order valence-corrected chi connectivity index (χ4v) is 3.69. The van der Waals surface area contributed by atoms with Gasteiger partial charge < -0.3 is 0 Å². The second-order valence-corrected chi connectivity index (χ2v) is 7.49. The van der Waals surface area contributed by atoms with Crippen LogP contribution in [0.15, 0.2) is 42.9 Å². The monoisotopic (exact) mass is 391 g/mol. The maximum absolute atomic E-state index is 12.8. The van der Waals surface area contributed by atoms with Gasteiger partial charge in [-0.1, -0.05) is 5.21 Å². The first-order valence-corrected chi connectivity index (χ1v) is 9.38. The number of hydrogen-bond donors (Lipinski definition) is 1. The van der Waals surface area contributed by atoms with Crippen molar-refractivity contribution in [2.45, 2.75) is 20.8 Å². The standard InChI is InChI=1S/C19H17N7OS/c1-11-7-12(2)22-15(8-11)17-13(3)28-19(23-17)24-18(27)16-10-21-25-26(16)14-5-4-6-20-9-14/h4-10H,1-3H3,(H,23,24,27). The van der Waals surface area contributed by atoms with Crippen molar-refractivity contribution in [3.05, 3.63) is 64.7 Å². The second kappa shape index (κ2) is 7.28. The van der Waals surface area contributed by atoms with Crippen molar-refractivity contribution >= 4 is 22.4 Å². The van der Waals surface area contributed by atoms with E-state index in [1.807, 2.05) is 32.9 Å². The summed E-state index contributed by atoms with van der Waals surface area (Å²) in [6.07, 6.45) is 4.68. The first-order valence-electron chi connectivity index (χ1n) is 8.57. The third-order valence-electron chi connectivity index (χ3n) is 4.03. The minimum absolute atomic E-state index is 0.298. The van der Waals surface area contributed by atoms with E-state index in [0.29, 0.717) is 16.5 Å². The summed E-state index contributed by atoms with van der Waals surface area (Å²) >= 11 is 1.40. The number of thiazole rings is 1. The number of anilines is 1. The number of pyridine rings is 2. The van der Waals surface area contributed by atoms with Crippen LogP contribution < -0.4 is 5.32 Å². The lowest BCUT2D eigenvalue weighted by Crippen LogP contribution is -2.17. The predicted molar refractivity (Wildman–Crippen MR) is 107 cm³/mol. The van der Waals surface area contributed by atoms with Gasteiger partial charge in [-0.25, -0.2) is 9.67 Å². The maximum Gasteiger partial charge on any atom is 0.277 e. The fourth-order valence-electron chi connectivity index (χ4n) is 2.87. The van der Waals surface area contributed by atoms with Crippen LogP contribution in [0.4, 0.5) is 5.13 Å². The molecule has 0 radical (unpaired) electrons. The molecule has 1 amide bonds. The zero-order valence-electron chi connectivity index (χ0n) is 15.5. The van der Waals surface area contributed by atoms with Gasteiger partial charge in [-0.15, -0.1) is 16.4 Å². The quantitative estimate of drug-likeness (QED) is 0.573. The number of hydrogen-bond acceptors (Lipinski definition) is 7. The molecule has 0 fully saturated rings. The Bertz CT molecular complexity index is 1130. The zero-order valence-corrected chi connectivity index (χ0v) is 16.4. The average molecular weight is 391 g/mol. The van der Waals surface area contributed by atoms with Crippen LogP contribution in [0.5, 0.6) is 0 Å². The normalized spacial score (nSPS) is 10.8. The summed E-state index contributed by atoms with van der Waals surface area (Å²) in [6, 6.07) is 7.57. The number of rotatable bonds is 4. The molecule has 1 N–H and O–H groups in total. The van der Waals surface area contributed by atoms with Crippen LogP contribution in [0.1, 0.15) is 26.6 Å². The Morgan fingerprint density at radius 2 is 2.00 bits per heavy atom. The van der Waals surface area contributed by atoms with Crippen molar-refractivity contribution in [1.82, 2.24) is 29.9 Å². The Hall–Kier alpha value is -3.46. The number of amides is 1. The van der Waals surface area contributed by atoms with E-state index in [-0.39, 0.29) is 5.91 Å². The molecule has 0 unspecified atom stereocenters. The molecule has 140 valence electrons. The van der Waals surface area contributed by atoms with E-state index in [1.165, 1.54) is 22.2 Å². The van der Waals surface area contributed by atoms with Crippen molar-refractivity contribution in [2.75, 3.05) is 5.32 Å². The number of nitrogens with one attached hydrogen (secondary N) is 1. The van der Waals surface area contributed by atoms with Crippen molar-refractivity contribution in [3.63, 3.8) is 0 Å². The molecule has 0 bridgehead atoms. The third-order valence-corrected chi connectivity index (χ3v) is 4.92. The summed E-state index contributed by atoms with van der Waals surface area (Å²) < 4.78 is 1.44. The van der Waals surface area contributed by atoms with Gasteiger partial charge in [0.15, 0.2) is 10.8 Å². The van der Waals surface area contributed by atoms with Crippen molar-refractivity contribution in [1.29, 1.82) is 0 Å². The lowest BCUT2D eigenvalue weighted by molar-refractivity contribution is 0.101. The van der Waals surface area contributed by atoms with Gasteiger partial charge in [-0.2, -0.15) is 0 Å². The minimum atomic E-state index is -0.345. The van der Waals surface area contributed by atoms with Gasteiger partial charge in [-0.05, 0) is 50.6 Å². The molecule has 28 heavy (non-hydrogen) atoms. The molecule has 9 heteroatoms. The Balaban J connectivity index is 1.61. The Morgan fingerprint density at radius 1 is 1.14 bits per heavy atom. The van der Waals surface area contributed by atoms with Gasteiger partial charge in [0.25, 0.3) is 5.91 Å². The van der Waals surface area contributed by atoms with Crippen molar-refractivity contribution < 1.29 is 4.79 Å². The van der Waals surface area contributed by atoms with Gasteiger partial charge in [0.2, 0.25) is 0 Å². The molecule has 0 aliphatic rings. The van der Waals surface area contributed by atoms with Crippen LogP contribution >= 0.6 is 11.3 Å². The molecule has 0 saturated carbocycles. The number of nitrogens with zero attached hydrogens (tertiary/aromatic N) is 6. The third kappa shape index (κ3) is 3.52. The predicted octanol–water partition coefficient (Wildman–Crippen LogP) is 3.36. The Labute approximate surface area is 165 Å². The van der Waals surface area contributed by atoms with E-state index < -0.39 is 0 Å². The minimum Gasteiger partial charge on any atom is -0.296 e. The SMILES string of the molecule is Cc1cc(C)nc(-c2nc(NC(=O)c3cnnn3-c3cccnc3)sc2C)c1. The van der Waals surface area contributed by atoms with E-state index in [1.54, 1.807) is 24.5 Å². The summed E-state index contributed by atoms with van der Waals surface area (Å²) in [4.78, 5) is 26.9. The van der Waals surface area contributed by atoms with Gasteiger partial charge >= 0.3 is 0 Å². The molecule has 0 atom stereocenters. The fraction of sp³-hybridized carbons (Fsp3) is 0.158. The highest BCUT2D eigenvalue weighted by Crippen LogP contribution is 2.30. The molecule has 0 saturated heterocycles. The van der Waals surface area contributed by atoms with E-state index in [0.717, 1.165) is 27.5 Å². The molecule has 4 aromatic rings. The number of carbonyl (C=O) groups excluding carboxylic acids is 1. The van der Waals surface area contributed by atoms with Crippen LogP contribution in [-0.2, 0) is 0 Å². The largest absolute Gasteiger partial charge is 0.296 e. The first kappa shape index (κ1) is 17.9. The van der Waals surface area contributed by atoms with Gasteiger partial charge in [0.05, 0.1) is 23.8 Å². The molecule has 4 aromatic heterocycles. The van der Waals surface area contributed by atoms with E-state index in [2.05, 4.69) is 30.6 Å². The molecular weight excluding hydrogens is 374 g/mol. The number of aromatic nitrogens is 6. The molecule has 8 nitrogen and oxygen atoms in total. The Morgan fingerprint density at radius 3 is 2.75 bits per heavy atom. The lowest BCUT2D eigenvalue weighted by atomic mass is 10.2. The van der Waals surface area contributed by atoms with Crippen LogP contribution in [0, 0.1) is 20.8 Å². The summed E-state index contributed by atoms with van der Waals surface area (Å²) in [6.45, 7) is 5.94. The summed E-state index contributed by atoms with van der Waals surface area (Å²) in [5.74, 6) is -0.345. The molecule has 0 spiro atoms. The molecule has 0 aromatic carbocycles. The molecule has 0 aliphatic heterocycles. The second-order valence-electron chi connectivity index (χ2n) is 6.29. The van der Waals surface area contributed by atoms with Crippen LogP contribution in [0.2, 0.25) is 0 Å². The van der Waals surface area contributed by atoms with Crippen LogP contribution in [-0.4, -0.2) is 35.9 Å². The lowest BCUT2D eigenvalue weighted by Gasteiger charge is -2.05. The molecular formula is C19H17N7OS. The smallest absolute Gasteiger partial charge is 0.277 e. The number of aryl methyl sites for hydroxylation is 3. The summed E-state index contributed by atoms with van der Waals surface area (Å²) in [7, 11) is 0. The van der Waals surface area contributed by atoms with Gasteiger partial charge in [0, 0.05) is 16.8 Å². The van der Waals surface area contributed by atoms with Gasteiger partial charge in [-0.3, -0.25) is 20.1 Å². The van der Waals surface area contributed by atoms with Crippen molar-refractivity contribution in [2.24, 2.45) is 0 Å². The first-order chi connectivity index (χ1) is 13.5. The van der Waals surface area contributed by atoms with E-state index in [9.17, 15) is 4.79 Å². The highest BCUT2D eigenvalue weighted by Gasteiger charge is 2.18. The average Bonchev–Trinajstić information content (AvgIpc) is 3.28. The summed E-state index contributed by atoms with van der Waals surface area (Å²) in [5, 5.41) is 11.2. The van der Waals surface area contributed by atoms with Gasteiger partial charge in [0.1, 0.15) is 5.69 Å². The molecule has 4 heterocycles. The molecule has 4 rings (SSSR count). The maximum atomic E-state index is 12.8. The highest BCUT2D eigenvalue weighted by atomic mass is 32.1. The topological polar surface area (TPSA) is 98.5 Å².